The number of carbonyl (C=O) groups is 1. The zero-order valence-electron chi connectivity index (χ0n) is 12.2. The number of aryl methyl sites for hydroxylation is 1. The average Bonchev–Trinajstić information content (AvgIpc) is 2.89. The number of anilines is 1. The number of nitrogens with one attached hydrogen (secondary N) is 2. The molecule has 0 bridgehead atoms. The molecule has 2 aromatic rings. The molecule has 1 amide bonds. The minimum absolute atomic E-state index is 0.253. The van der Waals surface area contributed by atoms with E-state index in [0.717, 1.165) is 12.0 Å². The van der Waals surface area contributed by atoms with Crippen molar-refractivity contribution in [3.8, 4) is 0 Å². The van der Waals surface area contributed by atoms with Crippen LogP contribution in [-0.2, 0) is 13.6 Å². The van der Waals surface area contributed by atoms with Crippen LogP contribution in [0.25, 0.3) is 0 Å². The molecule has 0 atom stereocenters. The molecule has 0 radical (unpaired) electrons. The number of para-hydroxylation sites is 1. The van der Waals surface area contributed by atoms with Gasteiger partial charge in [0.25, 0.3) is 5.91 Å². The minimum Gasteiger partial charge on any atom is -0.382 e. The van der Waals surface area contributed by atoms with E-state index in [9.17, 15) is 9.18 Å². The van der Waals surface area contributed by atoms with Crippen molar-refractivity contribution in [2.24, 2.45) is 7.05 Å². The van der Waals surface area contributed by atoms with Gasteiger partial charge in [0.1, 0.15) is 5.82 Å². The highest BCUT2D eigenvalue weighted by Gasteiger charge is 2.14. The second kappa shape index (κ2) is 6.88. The maximum atomic E-state index is 13.8. The summed E-state index contributed by atoms with van der Waals surface area (Å²) >= 11 is 0. The summed E-state index contributed by atoms with van der Waals surface area (Å²) in [7, 11) is 1.81. The van der Waals surface area contributed by atoms with Crippen molar-refractivity contribution in [2.45, 2.75) is 19.9 Å². The molecule has 0 fully saturated rings. The maximum absolute atomic E-state index is 13.8. The van der Waals surface area contributed by atoms with Gasteiger partial charge in [-0.3, -0.25) is 9.48 Å². The molecule has 0 aliphatic rings. The molecule has 0 saturated carbocycles. The van der Waals surface area contributed by atoms with Crippen molar-refractivity contribution < 1.29 is 9.18 Å². The highest BCUT2D eigenvalue weighted by Crippen LogP contribution is 2.20. The van der Waals surface area contributed by atoms with E-state index in [2.05, 4.69) is 15.7 Å². The summed E-state index contributed by atoms with van der Waals surface area (Å²) in [4.78, 5) is 12.2. The summed E-state index contributed by atoms with van der Waals surface area (Å²) in [6.07, 6.45) is 4.36. The van der Waals surface area contributed by atoms with Gasteiger partial charge in [-0.1, -0.05) is 13.0 Å². The van der Waals surface area contributed by atoms with E-state index in [1.54, 1.807) is 16.9 Å². The number of halogens is 1. The maximum Gasteiger partial charge on any atom is 0.253 e. The van der Waals surface area contributed by atoms with Crippen molar-refractivity contribution in [1.82, 2.24) is 15.1 Å². The van der Waals surface area contributed by atoms with Crippen LogP contribution in [0.15, 0.2) is 30.6 Å². The molecule has 0 saturated heterocycles. The normalized spacial score (nSPS) is 10.4. The lowest BCUT2D eigenvalue weighted by Gasteiger charge is -2.12. The Kier molecular flexibility index (Phi) is 4.92. The zero-order valence-corrected chi connectivity index (χ0v) is 12.2. The molecule has 0 aliphatic heterocycles. The fourth-order valence-electron chi connectivity index (χ4n) is 1.98. The van der Waals surface area contributed by atoms with Gasteiger partial charge in [0, 0.05) is 31.9 Å². The van der Waals surface area contributed by atoms with Gasteiger partial charge in [0.2, 0.25) is 0 Å². The minimum atomic E-state index is -0.419. The predicted octanol–water partition coefficient (Wildman–Crippen LogP) is 2.31. The molecule has 112 valence electrons. The molecular formula is C15H19FN4O. The van der Waals surface area contributed by atoms with Gasteiger partial charge in [-0.25, -0.2) is 4.39 Å². The lowest BCUT2D eigenvalue weighted by atomic mass is 10.1. The summed E-state index contributed by atoms with van der Waals surface area (Å²) < 4.78 is 15.5. The number of carbonyl (C=O) groups excluding carboxylic acids is 1. The van der Waals surface area contributed by atoms with E-state index in [-0.39, 0.29) is 11.6 Å². The quantitative estimate of drug-likeness (QED) is 0.858. The third kappa shape index (κ3) is 3.81. The summed E-state index contributed by atoms with van der Waals surface area (Å²) in [6, 6.07) is 4.49. The van der Waals surface area contributed by atoms with E-state index < -0.39 is 5.82 Å². The van der Waals surface area contributed by atoms with Crippen LogP contribution in [-0.4, -0.2) is 22.2 Å². The number of hydrogen-bond acceptors (Lipinski definition) is 3. The van der Waals surface area contributed by atoms with Gasteiger partial charge in [-0.05, 0) is 18.6 Å². The molecule has 21 heavy (non-hydrogen) atoms. The van der Waals surface area contributed by atoms with E-state index in [1.807, 2.05) is 20.2 Å². The van der Waals surface area contributed by atoms with Crippen LogP contribution in [0, 0.1) is 5.82 Å². The fourth-order valence-corrected chi connectivity index (χ4v) is 1.98. The molecule has 2 rings (SSSR count). The van der Waals surface area contributed by atoms with Crippen LogP contribution >= 0.6 is 0 Å². The second-order valence-corrected chi connectivity index (χ2v) is 4.79. The molecule has 5 nitrogen and oxygen atoms in total. The third-order valence-electron chi connectivity index (χ3n) is 3.02. The van der Waals surface area contributed by atoms with Crippen molar-refractivity contribution in [3.63, 3.8) is 0 Å². The highest BCUT2D eigenvalue weighted by atomic mass is 19.1. The van der Waals surface area contributed by atoms with E-state index in [4.69, 9.17) is 0 Å². The molecule has 6 heteroatoms. The summed E-state index contributed by atoms with van der Waals surface area (Å²) in [5, 5.41) is 9.77. The smallest absolute Gasteiger partial charge is 0.253 e. The summed E-state index contributed by atoms with van der Waals surface area (Å²) in [6.45, 7) is 2.95. The van der Waals surface area contributed by atoms with Crippen LogP contribution in [0.2, 0.25) is 0 Å². The first kappa shape index (κ1) is 15.0. The molecule has 1 aromatic carbocycles. The van der Waals surface area contributed by atoms with Crippen molar-refractivity contribution in [3.05, 3.63) is 47.5 Å². The van der Waals surface area contributed by atoms with Crippen LogP contribution in [0.3, 0.4) is 0 Å². The number of nitrogens with zero attached hydrogens (tertiary/aromatic N) is 2. The van der Waals surface area contributed by atoms with Crippen LogP contribution in [0.1, 0.15) is 29.3 Å². The van der Waals surface area contributed by atoms with E-state index in [0.29, 0.717) is 18.7 Å². The van der Waals surface area contributed by atoms with Gasteiger partial charge >= 0.3 is 0 Å². The standard InChI is InChI=1S/C15H19FN4O/c1-3-7-17-14-12(5-4-6-13(14)16)15(21)18-8-11-9-19-20(2)10-11/h4-6,9-10,17H,3,7-8H2,1-2H3,(H,18,21). The van der Waals surface area contributed by atoms with Crippen LogP contribution in [0.4, 0.5) is 10.1 Å². The number of aromatic nitrogens is 2. The highest BCUT2D eigenvalue weighted by molar-refractivity contribution is 5.99. The SMILES string of the molecule is CCCNc1c(F)cccc1C(=O)NCc1cnn(C)c1. The Morgan fingerprint density at radius 3 is 2.90 bits per heavy atom. The third-order valence-corrected chi connectivity index (χ3v) is 3.02. The van der Waals surface area contributed by atoms with Crippen LogP contribution < -0.4 is 10.6 Å². The topological polar surface area (TPSA) is 59.0 Å². The average molecular weight is 290 g/mol. The van der Waals surface area contributed by atoms with Gasteiger partial charge < -0.3 is 10.6 Å². The zero-order chi connectivity index (χ0) is 15.2. The Hall–Kier alpha value is -2.37. The van der Waals surface area contributed by atoms with Crippen molar-refractivity contribution in [1.29, 1.82) is 0 Å². The van der Waals surface area contributed by atoms with Crippen LogP contribution in [0.5, 0.6) is 0 Å². The lowest BCUT2D eigenvalue weighted by Crippen LogP contribution is -2.24. The Bertz CT molecular complexity index is 624. The molecule has 0 spiro atoms. The van der Waals surface area contributed by atoms with Gasteiger partial charge in [-0.2, -0.15) is 5.10 Å². The number of amides is 1. The lowest BCUT2D eigenvalue weighted by molar-refractivity contribution is 0.0951. The molecule has 1 aromatic heterocycles. The first-order valence-electron chi connectivity index (χ1n) is 6.90. The Morgan fingerprint density at radius 1 is 1.43 bits per heavy atom. The monoisotopic (exact) mass is 290 g/mol. The number of hydrogen-bond donors (Lipinski definition) is 2. The van der Waals surface area contributed by atoms with Crippen molar-refractivity contribution >= 4 is 11.6 Å². The second-order valence-electron chi connectivity index (χ2n) is 4.79. The predicted molar refractivity (Wildman–Crippen MR) is 79.6 cm³/mol. The molecule has 2 N–H and O–H groups in total. The number of benzene rings is 1. The molecular weight excluding hydrogens is 271 g/mol. The van der Waals surface area contributed by atoms with Gasteiger partial charge in [0.15, 0.2) is 0 Å². The molecule has 0 unspecified atom stereocenters. The fraction of sp³-hybridized carbons (Fsp3) is 0.333. The van der Waals surface area contributed by atoms with Gasteiger partial charge in [0.05, 0.1) is 17.4 Å². The van der Waals surface area contributed by atoms with Gasteiger partial charge in [-0.15, -0.1) is 0 Å². The Labute approximate surface area is 123 Å². The summed E-state index contributed by atoms with van der Waals surface area (Å²) in [5.41, 5.74) is 1.46. The largest absolute Gasteiger partial charge is 0.382 e. The van der Waals surface area contributed by atoms with E-state index in [1.165, 1.54) is 12.1 Å². The molecule has 1 heterocycles. The summed E-state index contributed by atoms with van der Waals surface area (Å²) in [5.74, 6) is -0.727. The first-order valence-corrected chi connectivity index (χ1v) is 6.90. The Balaban J connectivity index is 2.09. The molecule has 0 aliphatic carbocycles. The first-order chi connectivity index (χ1) is 10.1. The van der Waals surface area contributed by atoms with E-state index >= 15 is 0 Å². The van der Waals surface area contributed by atoms with Crippen molar-refractivity contribution in [2.75, 3.05) is 11.9 Å². The number of rotatable bonds is 6. The Morgan fingerprint density at radius 2 is 2.24 bits per heavy atom.